The third-order valence-electron chi connectivity index (χ3n) is 2.47. The molecule has 0 aliphatic rings. The van der Waals surface area contributed by atoms with Crippen LogP contribution in [0.2, 0.25) is 0 Å². The van der Waals surface area contributed by atoms with Gasteiger partial charge in [-0.3, -0.25) is 4.79 Å². The van der Waals surface area contributed by atoms with Crippen molar-refractivity contribution in [1.29, 1.82) is 0 Å². The highest BCUT2D eigenvalue weighted by Crippen LogP contribution is 2.22. The molecule has 0 bridgehead atoms. The van der Waals surface area contributed by atoms with Crippen LogP contribution in [-0.2, 0) is 10.2 Å². The average Bonchev–Trinajstić information content (AvgIpc) is 2.25. The number of nitrogens with zero attached hydrogens (tertiary/aromatic N) is 2. The lowest BCUT2D eigenvalue weighted by atomic mass is 9.96. The minimum absolute atomic E-state index is 0.0386. The molecule has 0 aromatic carbocycles. The summed E-state index contributed by atoms with van der Waals surface area (Å²) < 4.78 is 0.742. The quantitative estimate of drug-likeness (QED) is 0.807. The highest BCUT2D eigenvalue weighted by Gasteiger charge is 2.18. The van der Waals surface area contributed by atoms with Gasteiger partial charge < -0.3 is 10.6 Å². The largest absolute Gasteiger partial charge is 0.369 e. The molecule has 6 heteroatoms. The number of anilines is 1. The van der Waals surface area contributed by atoms with Crippen molar-refractivity contribution in [2.45, 2.75) is 52.5 Å². The molecule has 20 heavy (non-hydrogen) atoms. The minimum atomic E-state index is -0.116. The molecule has 0 radical (unpaired) electrons. The molecule has 0 fully saturated rings. The molecule has 1 rings (SSSR count). The van der Waals surface area contributed by atoms with E-state index in [2.05, 4.69) is 57.3 Å². The predicted molar refractivity (Wildman–Crippen MR) is 84.8 cm³/mol. The molecule has 1 aromatic heterocycles. The van der Waals surface area contributed by atoms with Gasteiger partial charge in [-0.25, -0.2) is 9.97 Å². The highest BCUT2D eigenvalue weighted by atomic mass is 79.9. The van der Waals surface area contributed by atoms with E-state index in [1.54, 1.807) is 0 Å². The highest BCUT2D eigenvalue weighted by molar-refractivity contribution is 9.10. The smallest absolute Gasteiger partial charge is 0.221 e. The molecule has 0 unspecified atom stereocenters. The fourth-order valence-electron chi connectivity index (χ4n) is 1.54. The summed E-state index contributed by atoms with van der Waals surface area (Å²) >= 11 is 3.39. The van der Waals surface area contributed by atoms with E-state index in [9.17, 15) is 4.79 Å². The van der Waals surface area contributed by atoms with Gasteiger partial charge in [-0.15, -0.1) is 0 Å². The number of halogens is 1. The first-order chi connectivity index (χ1) is 9.18. The van der Waals surface area contributed by atoms with E-state index in [0.717, 1.165) is 16.2 Å². The van der Waals surface area contributed by atoms with Crippen molar-refractivity contribution in [3.8, 4) is 0 Å². The summed E-state index contributed by atoms with van der Waals surface area (Å²) in [6.07, 6.45) is 0.421. The van der Waals surface area contributed by atoms with E-state index in [1.807, 2.05) is 19.9 Å². The van der Waals surface area contributed by atoms with Crippen LogP contribution in [0.25, 0.3) is 0 Å². The Labute approximate surface area is 129 Å². The lowest BCUT2D eigenvalue weighted by Crippen LogP contribution is -2.31. The van der Waals surface area contributed by atoms with Gasteiger partial charge in [0.15, 0.2) is 0 Å². The molecule has 1 amide bonds. The number of carbonyl (C=O) groups is 1. The number of hydrogen-bond donors (Lipinski definition) is 2. The summed E-state index contributed by atoms with van der Waals surface area (Å²) in [6.45, 7) is 10.6. The normalized spacial score (nSPS) is 11.6. The van der Waals surface area contributed by atoms with Gasteiger partial charge in [0.25, 0.3) is 0 Å². The molecule has 0 spiro atoms. The predicted octanol–water partition coefficient (Wildman–Crippen LogP) is 2.86. The maximum atomic E-state index is 11.5. The van der Waals surface area contributed by atoms with E-state index in [4.69, 9.17) is 0 Å². The minimum Gasteiger partial charge on any atom is -0.369 e. The summed E-state index contributed by atoms with van der Waals surface area (Å²) in [7, 11) is 0. The Hall–Kier alpha value is -1.17. The summed E-state index contributed by atoms with van der Waals surface area (Å²) in [5.41, 5.74) is -0.116. The number of carbonyl (C=O) groups excluding carboxylic acids is 1. The van der Waals surface area contributed by atoms with E-state index < -0.39 is 0 Å². The second-order valence-electron chi connectivity index (χ2n) is 6.05. The molecule has 0 atom stereocenters. The fraction of sp³-hybridized carbons (Fsp3) is 0.643. The van der Waals surface area contributed by atoms with Gasteiger partial charge in [-0.1, -0.05) is 20.8 Å². The van der Waals surface area contributed by atoms with Gasteiger partial charge in [0.05, 0.1) is 0 Å². The lowest BCUT2D eigenvalue weighted by molar-refractivity contribution is -0.121. The molecule has 112 valence electrons. The van der Waals surface area contributed by atoms with Gasteiger partial charge in [0, 0.05) is 30.5 Å². The van der Waals surface area contributed by atoms with E-state index in [-0.39, 0.29) is 17.4 Å². The Morgan fingerprint density at radius 2 is 2.00 bits per heavy atom. The summed E-state index contributed by atoms with van der Waals surface area (Å²) in [6, 6.07) is 1.98. The van der Waals surface area contributed by atoms with E-state index in [0.29, 0.717) is 13.0 Å². The Morgan fingerprint density at radius 1 is 1.35 bits per heavy atom. The van der Waals surface area contributed by atoms with Crippen LogP contribution in [0.1, 0.15) is 46.9 Å². The maximum Gasteiger partial charge on any atom is 0.221 e. The van der Waals surface area contributed by atoms with Gasteiger partial charge in [-0.2, -0.15) is 0 Å². The number of rotatable bonds is 5. The second kappa shape index (κ2) is 7.02. The zero-order valence-corrected chi connectivity index (χ0v) is 14.3. The van der Waals surface area contributed by atoms with Crippen molar-refractivity contribution in [3.63, 3.8) is 0 Å². The molecular weight excluding hydrogens is 320 g/mol. The van der Waals surface area contributed by atoms with Gasteiger partial charge >= 0.3 is 0 Å². The number of amides is 1. The van der Waals surface area contributed by atoms with Crippen molar-refractivity contribution in [1.82, 2.24) is 15.3 Å². The molecule has 0 aliphatic carbocycles. The van der Waals surface area contributed by atoms with Gasteiger partial charge in [0.2, 0.25) is 5.91 Å². The zero-order valence-electron chi connectivity index (χ0n) is 12.7. The van der Waals surface area contributed by atoms with Crippen LogP contribution in [0.3, 0.4) is 0 Å². The topological polar surface area (TPSA) is 66.9 Å². The summed E-state index contributed by atoms with van der Waals surface area (Å²) in [5.74, 6) is 1.53. The molecule has 5 nitrogen and oxygen atoms in total. The third-order valence-corrected chi connectivity index (χ3v) is 2.88. The number of hydrogen-bond acceptors (Lipinski definition) is 4. The number of nitrogens with one attached hydrogen (secondary N) is 2. The maximum absolute atomic E-state index is 11.5. The van der Waals surface area contributed by atoms with Crippen molar-refractivity contribution < 1.29 is 4.79 Å². The zero-order chi connectivity index (χ0) is 15.3. The van der Waals surface area contributed by atoms with E-state index >= 15 is 0 Å². The van der Waals surface area contributed by atoms with Crippen LogP contribution in [0.4, 0.5) is 5.82 Å². The first-order valence-electron chi connectivity index (χ1n) is 6.77. The average molecular weight is 343 g/mol. The van der Waals surface area contributed by atoms with Crippen LogP contribution in [-0.4, -0.2) is 28.5 Å². The third kappa shape index (κ3) is 5.86. The second-order valence-corrected chi connectivity index (χ2v) is 6.86. The first kappa shape index (κ1) is 16.9. The van der Waals surface area contributed by atoms with Crippen molar-refractivity contribution in [2.24, 2.45) is 0 Å². The van der Waals surface area contributed by atoms with Crippen molar-refractivity contribution in [3.05, 3.63) is 16.5 Å². The van der Waals surface area contributed by atoms with Crippen molar-refractivity contribution >= 4 is 27.7 Å². The molecule has 1 aromatic rings. The lowest BCUT2D eigenvalue weighted by Gasteiger charge is -2.18. The SMILES string of the molecule is CC(C)NC(=O)CCNc1cc(Br)nc(C(C)(C)C)n1. The molecule has 0 aliphatic heterocycles. The fourth-order valence-corrected chi connectivity index (χ4v) is 1.93. The van der Waals surface area contributed by atoms with Crippen LogP contribution < -0.4 is 10.6 Å². The van der Waals surface area contributed by atoms with Crippen molar-refractivity contribution in [2.75, 3.05) is 11.9 Å². The van der Waals surface area contributed by atoms with Crippen LogP contribution in [0.15, 0.2) is 10.7 Å². The molecule has 1 heterocycles. The molecule has 0 saturated carbocycles. The van der Waals surface area contributed by atoms with Gasteiger partial charge in [0.1, 0.15) is 16.2 Å². The molecule has 2 N–H and O–H groups in total. The number of aromatic nitrogens is 2. The Morgan fingerprint density at radius 3 is 2.55 bits per heavy atom. The van der Waals surface area contributed by atoms with Crippen LogP contribution in [0.5, 0.6) is 0 Å². The molecular formula is C14H23BrN4O. The molecule has 0 saturated heterocycles. The summed E-state index contributed by atoms with van der Waals surface area (Å²) in [4.78, 5) is 20.4. The first-order valence-corrected chi connectivity index (χ1v) is 7.56. The van der Waals surface area contributed by atoms with Gasteiger partial charge in [-0.05, 0) is 29.8 Å². The Bertz CT molecular complexity index is 469. The van der Waals surface area contributed by atoms with Crippen LogP contribution in [0, 0.1) is 0 Å². The summed E-state index contributed by atoms with van der Waals surface area (Å²) in [5, 5.41) is 6.02. The monoisotopic (exact) mass is 342 g/mol. The van der Waals surface area contributed by atoms with Crippen LogP contribution >= 0.6 is 15.9 Å². The Balaban J connectivity index is 2.61. The Kier molecular flexibility index (Phi) is 5.92. The standard InChI is InChI=1S/C14H23BrN4O/c1-9(2)17-12(20)6-7-16-11-8-10(15)18-13(19-11)14(3,4)5/h8-9H,6-7H2,1-5H3,(H,17,20)(H,16,18,19). The van der Waals surface area contributed by atoms with E-state index in [1.165, 1.54) is 0 Å².